The third-order valence-corrected chi connectivity index (χ3v) is 2.78. The lowest BCUT2D eigenvalue weighted by atomic mass is 10.1. The number of unbranched alkanes of at least 4 members (excludes halogenated alkanes) is 1. The molecular weight excluding hydrogens is 224 g/mol. The van der Waals surface area contributed by atoms with Gasteiger partial charge in [-0.05, 0) is 32.1 Å². The SMILES string of the molecule is NC(CCCCNC(=O)C1CCCO1)C(=O)O. The second kappa shape index (κ2) is 7.24. The Hall–Kier alpha value is -1.14. The summed E-state index contributed by atoms with van der Waals surface area (Å²) in [6.07, 6.45) is 3.29. The molecule has 1 amide bonds. The molecule has 1 fully saturated rings. The number of carbonyl (C=O) groups is 2. The number of hydrogen-bond acceptors (Lipinski definition) is 4. The topological polar surface area (TPSA) is 102 Å². The number of aliphatic carboxylic acids is 1. The molecule has 0 radical (unpaired) electrons. The third kappa shape index (κ3) is 5.14. The summed E-state index contributed by atoms with van der Waals surface area (Å²) in [6, 6.07) is -0.802. The van der Waals surface area contributed by atoms with Crippen LogP contribution in [0.1, 0.15) is 32.1 Å². The van der Waals surface area contributed by atoms with Crippen LogP contribution in [0.25, 0.3) is 0 Å². The molecule has 0 aromatic rings. The van der Waals surface area contributed by atoms with Gasteiger partial charge >= 0.3 is 5.97 Å². The molecule has 6 heteroatoms. The standard InChI is InChI=1S/C11H20N2O4/c12-8(11(15)16)4-1-2-6-13-10(14)9-5-3-7-17-9/h8-9H,1-7,12H2,(H,13,14)(H,15,16). The lowest BCUT2D eigenvalue weighted by Gasteiger charge is -2.10. The monoisotopic (exact) mass is 244 g/mol. The fourth-order valence-electron chi connectivity index (χ4n) is 1.72. The normalized spacial score (nSPS) is 21.1. The Kier molecular flexibility index (Phi) is 5.93. The van der Waals surface area contributed by atoms with Gasteiger partial charge in [-0.3, -0.25) is 9.59 Å². The average Bonchev–Trinajstić information content (AvgIpc) is 2.81. The summed E-state index contributed by atoms with van der Waals surface area (Å²) in [5, 5.41) is 11.3. The predicted molar refractivity (Wildman–Crippen MR) is 61.4 cm³/mol. The van der Waals surface area contributed by atoms with Gasteiger partial charge in [0.05, 0.1) is 0 Å². The van der Waals surface area contributed by atoms with Crippen LogP contribution in [0.15, 0.2) is 0 Å². The molecule has 0 aromatic carbocycles. The van der Waals surface area contributed by atoms with Crippen LogP contribution >= 0.6 is 0 Å². The number of hydrogen-bond donors (Lipinski definition) is 3. The minimum Gasteiger partial charge on any atom is -0.480 e. The van der Waals surface area contributed by atoms with E-state index >= 15 is 0 Å². The molecule has 1 aliphatic heterocycles. The Bertz CT molecular complexity index is 264. The van der Waals surface area contributed by atoms with Crippen LogP contribution in [-0.4, -0.2) is 42.3 Å². The molecule has 98 valence electrons. The molecule has 2 atom stereocenters. The van der Waals surface area contributed by atoms with Crippen LogP contribution in [-0.2, 0) is 14.3 Å². The number of carbonyl (C=O) groups excluding carboxylic acids is 1. The maximum Gasteiger partial charge on any atom is 0.320 e. The molecule has 1 rings (SSSR count). The molecule has 1 heterocycles. The summed E-state index contributed by atoms with van der Waals surface area (Å²) in [6.45, 7) is 1.20. The fraction of sp³-hybridized carbons (Fsp3) is 0.818. The van der Waals surface area contributed by atoms with E-state index in [1.54, 1.807) is 0 Å². The van der Waals surface area contributed by atoms with E-state index in [0.717, 1.165) is 19.3 Å². The van der Waals surface area contributed by atoms with E-state index in [4.69, 9.17) is 15.6 Å². The number of amides is 1. The summed E-state index contributed by atoms with van der Waals surface area (Å²) < 4.78 is 5.23. The highest BCUT2D eigenvalue weighted by Gasteiger charge is 2.22. The van der Waals surface area contributed by atoms with Crippen molar-refractivity contribution in [3.05, 3.63) is 0 Å². The quantitative estimate of drug-likeness (QED) is 0.541. The molecule has 0 spiro atoms. The first-order chi connectivity index (χ1) is 8.11. The van der Waals surface area contributed by atoms with Crippen molar-refractivity contribution in [3.63, 3.8) is 0 Å². The molecule has 0 bridgehead atoms. The fourth-order valence-corrected chi connectivity index (χ4v) is 1.72. The van der Waals surface area contributed by atoms with E-state index < -0.39 is 12.0 Å². The Morgan fingerprint density at radius 1 is 1.47 bits per heavy atom. The van der Waals surface area contributed by atoms with Gasteiger partial charge in [-0.2, -0.15) is 0 Å². The van der Waals surface area contributed by atoms with Crippen LogP contribution in [0.4, 0.5) is 0 Å². The highest BCUT2D eigenvalue weighted by atomic mass is 16.5. The lowest BCUT2D eigenvalue weighted by Crippen LogP contribution is -2.35. The zero-order valence-corrected chi connectivity index (χ0v) is 9.85. The maximum atomic E-state index is 11.5. The number of nitrogens with two attached hydrogens (primary N) is 1. The van der Waals surface area contributed by atoms with Gasteiger partial charge in [-0.15, -0.1) is 0 Å². The molecule has 1 saturated heterocycles. The van der Waals surface area contributed by atoms with E-state index in [9.17, 15) is 9.59 Å². The number of nitrogens with one attached hydrogen (secondary N) is 1. The first kappa shape index (κ1) is 13.9. The van der Waals surface area contributed by atoms with E-state index in [2.05, 4.69) is 5.32 Å². The summed E-state index contributed by atoms with van der Waals surface area (Å²) in [5.74, 6) is -1.04. The van der Waals surface area contributed by atoms with Gasteiger partial charge in [0.25, 0.3) is 0 Å². The van der Waals surface area contributed by atoms with Gasteiger partial charge in [0.15, 0.2) is 0 Å². The third-order valence-electron chi connectivity index (χ3n) is 2.78. The Labute approximate surface area is 101 Å². The van der Waals surface area contributed by atoms with Gasteiger partial charge in [-0.25, -0.2) is 0 Å². The van der Waals surface area contributed by atoms with Crippen LogP contribution < -0.4 is 11.1 Å². The molecule has 0 aliphatic carbocycles. The van der Waals surface area contributed by atoms with E-state index in [-0.39, 0.29) is 12.0 Å². The largest absolute Gasteiger partial charge is 0.480 e. The highest BCUT2D eigenvalue weighted by Crippen LogP contribution is 2.11. The van der Waals surface area contributed by atoms with Crippen LogP contribution in [0.2, 0.25) is 0 Å². The van der Waals surface area contributed by atoms with Gasteiger partial charge in [0.2, 0.25) is 5.91 Å². The Balaban J connectivity index is 2.00. The zero-order chi connectivity index (χ0) is 12.7. The number of carboxylic acid groups (broad SMARTS) is 1. The van der Waals surface area contributed by atoms with Crippen LogP contribution in [0.5, 0.6) is 0 Å². The molecular formula is C11H20N2O4. The van der Waals surface area contributed by atoms with Gasteiger partial charge in [0, 0.05) is 13.2 Å². The molecule has 17 heavy (non-hydrogen) atoms. The maximum absolute atomic E-state index is 11.5. The van der Waals surface area contributed by atoms with Crippen molar-refractivity contribution >= 4 is 11.9 Å². The second-order valence-corrected chi connectivity index (χ2v) is 4.23. The predicted octanol–water partition coefficient (Wildman–Crippen LogP) is -0.136. The van der Waals surface area contributed by atoms with Crippen molar-refractivity contribution < 1.29 is 19.4 Å². The van der Waals surface area contributed by atoms with E-state index in [1.165, 1.54) is 0 Å². The first-order valence-corrected chi connectivity index (χ1v) is 5.99. The van der Waals surface area contributed by atoms with Crippen LogP contribution in [0.3, 0.4) is 0 Å². The van der Waals surface area contributed by atoms with Crippen molar-refractivity contribution in [1.29, 1.82) is 0 Å². The first-order valence-electron chi connectivity index (χ1n) is 5.99. The number of rotatable bonds is 7. The number of carboxylic acids is 1. The lowest BCUT2D eigenvalue weighted by molar-refractivity contribution is -0.138. The summed E-state index contributed by atoms with van der Waals surface area (Å²) >= 11 is 0. The van der Waals surface area contributed by atoms with E-state index in [1.807, 2.05) is 0 Å². The second-order valence-electron chi connectivity index (χ2n) is 4.23. The minimum absolute atomic E-state index is 0.0648. The Morgan fingerprint density at radius 3 is 2.82 bits per heavy atom. The zero-order valence-electron chi connectivity index (χ0n) is 9.85. The molecule has 1 aliphatic rings. The van der Waals surface area contributed by atoms with Crippen LogP contribution in [0, 0.1) is 0 Å². The van der Waals surface area contributed by atoms with Gasteiger partial charge in [0.1, 0.15) is 12.1 Å². The smallest absolute Gasteiger partial charge is 0.320 e. The van der Waals surface area contributed by atoms with Gasteiger partial charge in [-0.1, -0.05) is 0 Å². The summed E-state index contributed by atoms with van der Waals surface area (Å²) in [4.78, 5) is 21.9. The minimum atomic E-state index is -0.978. The van der Waals surface area contributed by atoms with Crippen molar-refractivity contribution in [2.45, 2.75) is 44.2 Å². The highest BCUT2D eigenvalue weighted by molar-refractivity contribution is 5.80. The molecule has 4 N–H and O–H groups in total. The van der Waals surface area contributed by atoms with Gasteiger partial charge < -0.3 is 20.9 Å². The van der Waals surface area contributed by atoms with Crippen molar-refractivity contribution in [2.24, 2.45) is 5.73 Å². The van der Waals surface area contributed by atoms with Crippen molar-refractivity contribution in [2.75, 3.05) is 13.2 Å². The number of ether oxygens (including phenoxy) is 1. The summed E-state index contributed by atoms with van der Waals surface area (Å²) in [7, 11) is 0. The van der Waals surface area contributed by atoms with E-state index in [0.29, 0.717) is 26.0 Å². The average molecular weight is 244 g/mol. The Morgan fingerprint density at radius 2 is 2.24 bits per heavy atom. The molecule has 0 saturated carbocycles. The molecule has 6 nitrogen and oxygen atoms in total. The molecule has 2 unspecified atom stereocenters. The molecule has 0 aromatic heterocycles. The van der Waals surface area contributed by atoms with Crippen molar-refractivity contribution in [3.8, 4) is 0 Å². The van der Waals surface area contributed by atoms with Crippen molar-refractivity contribution in [1.82, 2.24) is 5.32 Å². The summed E-state index contributed by atoms with van der Waals surface area (Å²) in [5.41, 5.74) is 5.35.